The van der Waals surface area contributed by atoms with E-state index in [1.165, 1.54) is 31.3 Å². The first kappa shape index (κ1) is 22.7. The van der Waals surface area contributed by atoms with Gasteiger partial charge in [0.25, 0.3) is 5.91 Å². The van der Waals surface area contributed by atoms with Crippen molar-refractivity contribution < 1.29 is 27.9 Å². The van der Waals surface area contributed by atoms with Crippen molar-refractivity contribution in [1.29, 1.82) is 0 Å². The molecule has 3 aromatic carbocycles. The number of phenolic OH excluding ortho intramolecular Hbond substituents is 1. The predicted octanol–water partition coefficient (Wildman–Crippen LogP) is 5.33. The lowest BCUT2D eigenvalue weighted by molar-refractivity contribution is -0.136. The number of para-hydroxylation sites is 1. The summed E-state index contributed by atoms with van der Waals surface area (Å²) >= 11 is 0. The lowest BCUT2D eigenvalue weighted by Gasteiger charge is -2.21. The minimum Gasteiger partial charge on any atom is -0.508 e. The third kappa shape index (κ3) is 5.57. The van der Waals surface area contributed by atoms with Crippen LogP contribution < -0.4 is 10.6 Å². The smallest absolute Gasteiger partial charge is 0.418 e. The van der Waals surface area contributed by atoms with E-state index in [0.29, 0.717) is 11.1 Å². The van der Waals surface area contributed by atoms with Crippen LogP contribution in [0.3, 0.4) is 0 Å². The van der Waals surface area contributed by atoms with E-state index in [-0.39, 0.29) is 18.0 Å². The molecule has 0 aliphatic heterocycles. The lowest BCUT2D eigenvalue weighted by atomic mass is 10.1. The molecule has 0 atom stereocenters. The number of urea groups is 1. The Morgan fingerprint density at radius 2 is 1.59 bits per heavy atom. The molecule has 0 aromatic heterocycles. The van der Waals surface area contributed by atoms with Gasteiger partial charge in [0, 0.05) is 23.9 Å². The summed E-state index contributed by atoms with van der Waals surface area (Å²) in [6.07, 6.45) is -4.77. The highest BCUT2D eigenvalue weighted by Gasteiger charge is 2.34. The molecule has 3 rings (SSSR count). The molecule has 6 nitrogen and oxygen atoms in total. The monoisotopic (exact) mass is 443 g/mol. The number of nitrogens with zero attached hydrogens (tertiary/aromatic N) is 1. The average Bonchev–Trinajstić information content (AvgIpc) is 2.76. The molecule has 0 fully saturated rings. The van der Waals surface area contributed by atoms with E-state index >= 15 is 0 Å². The molecular weight excluding hydrogens is 423 g/mol. The quantitative estimate of drug-likeness (QED) is 0.499. The second kappa shape index (κ2) is 9.42. The van der Waals surface area contributed by atoms with Crippen molar-refractivity contribution in [2.75, 3.05) is 17.7 Å². The maximum atomic E-state index is 13.6. The zero-order valence-electron chi connectivity index (χ0n) is 17.0. The van der Waals surface area contributed by atoms with Gasteiger partial charge < -0.3 is 20.6 Å². The number of anilines is 2. The number of amides is 3. The largest absolute Gasteiger partial charge is 0.508 e. The van der Waals surface area contributed by atoms with Crippen molar-refractivity contribution in [3.8, 4) is 5.75 Å². The lowest BCUT2D eigenvalue weighted by Crippen LogP contribution is -2.31. The predicted molar refractivity (Wildman–Crippen MR) is 114 cm³/mol. The highest BCUT2D eigenvalue weighted by Crippen LogP contribution is 2.37. The molecular formula is C23H20F3N3O3. The normalized spacial score (nSPS) is 11.0. The molecule has 32 heavy (non-hydrogen) atoms. The fraction of sp³-hybridized carbons (Fsp3) is 0.130. The molecule has 3 amide bonds. The number of hydrogen-bond donors (Lipinski definition) is 3. The van der Waals surface area contributed by atoms with Gasteiger partial charge in [-0.1, -0.05) is 36.4 Å². The molecule has 0 bridgehead atoms. The van der Waals surface area contributed by atoms with Crippen molar-refractivity contribution in [2.24, 2.45) is 0 Å². The van der Waals surface area contributed by atoms with Crippen LogP contribution in [-0.4, -0.2) is 29.0 Å². The first-order valence-electron chi connectivity index (χ1n) is 9.52. The molecule has 0 aliphatic rings. The van der Waals surface area contributed by atoms with E-state index in [9.17, 15) is 27.9 Å². The van der Waals surface area contributed by atoms with Crippen molar-refractivity contribution in [3.05, 3.63) is 89.5 Å². The van der Waals surface area contributed by atoms with Gasteiger partial charge in [0.15, 0.2) is 0 Å². The molecule has 0 aliphatic carbocycles. The Kier molecular flexibility index (Phi) is 6.67. The number of halogens is 3. The Bertz CT molecular complexity index is 1120. The topological polar surface area (TPSA) is 81.7 Å². The van der Waals surface area contributed by atoms with Crippen molar-refractivity contribution in [1.82, 2.24) is 4.90 Å². The number of carbonyl (C=O) groups is 2. The van der Waals surface area contributed by atoms with Crippen LogP contribution in [0.25, 0.3) is 0 Å². The summed E-state index contributed by atoms with van der Waals surface area (Å²) in [4.78, 5) is 25.8. The molecule has 0 saturated carbocycles. The van der Waals surface area contributed by atoms with Crippen LogP contribution in [0.1, 0.15) is 21.5 Å². The third-order valence-electron chi connectivity index (χ3n) is 4.61. The van der Waals surface area contributed by atoms with Gasteiger partial charge in [-0.15, -0.1) is 0 Å². The summed E-state index contributed by atoms with van der Waals surface area (Å²) in [6, 6.07) is 16.7. The minimum atomic E-state index is -4.77. The van der Waals surface area contributed by atoms with Gasteiger partial charge in [-0.3, -0.25) is 4.79 Å². The Balaban J connectivity index is 1.78. The van der Waals surface area contributed by atoms with Crippen molar-refractivity contribution in [2.45, 2.75) is 12.7 Å². The maximum Gasteiger partial charge on any atom is 0.418 e. The van der Waals surface area contributed by atoms with Crippen molar-refractivity contribution in [3.63, 3.8) is 0 Å². The number of alkyl halides is 3. The summed E-state index contributed by atoms with van der Waals surface area (Å²) < 4.78 is 40.9. The van der Waals surface area contributed by atoms with E-state index in [0.717, 1.165) is 17.0 Å². The van der Waals surface area contributed by atoms with Crippen molar-refractivity contribution >= 4 is 23.3 Å². The van der Waals surface area contributed by atoms with E-state index < -0.39 is 29.4 Å². The first-order chi connectivity index (χ1) is 15.1. The Morgan fingerprint density at radius 1 is 0.938 bits per heavy atom. The van der Waals surface area contributed by atoms with Crippen LogP contribution in [0.4, 0.5) is 29.3 Å². The van der Waals surface area contributed by atoms with Crippen LogP contribution in [0.15, 0.2) is 72.8 Å². The molecule has 3 N–H and O–H groups in total. The number of aromatic hydroxyl groups is 1. The van der Waals surface area contributed by atoms with Crippen LogP contribution in [-0.2, 0) is 12.7 Å². The Morgan fingerprint density at radius 3 is 2.25 bits per heavy atom. The molecule has 0 spiro atoms. The van der Waals surface area contributed by atoms with Gasteiger partial charge in [0.05, 0.1) is 17.8 Å². The summed E-state index contributed by atoms with van der Waals surface area (Å²) in [5.41, 5.74) is -0.881. The maximum absolute atomic E-state index is 13.6. The molecule has 3 aromatic rings. The van der Waals surface area contributed by atoms with Crippen LogP contribution in [0.2, 0.25) is 0 Å². The van der Waals surface area contributed by atoms with Gasteiger partial charge in [-0.25, -0.2) is 4.79 Å². The Hall–Kier alpha value is -4.01. The van der Waals surface area contributed by atoms with Crippen LogP contribution in [0, 0.1) is 0 Å². The molecule has 166 valence electrons. The van der Waals surface area contributed by atoms with Crippen LogP contribution in [0.5, 0.6) is 5.75 Å². The highest BCUT2D eigenvalue weighted by molar-refractivity contribution is 6.04. The molecule has 0 radical (unpaired) electrons. The number of hydrogen-bond acceptors (Lipinski definition) is 3. The average molecular weight is 443 g/mol. The summed E-state index contributed by atoms with van der Waals surface area (Å²) in [7, 11) is 1.39. The second-order valence-electron chi connectivity index (χ2n) is 6.99. The first-order valence-corrected chi connectivity index (χ1v) is 9.52. The third-order valence-corrected chi connectivity index (χ3v) is 4.61. The van der Waals surface area contributed by atoms with E-state index in [1.807, 2.05) is 0 Å². The van der Waals surface area contributed by atoms with E-state index in [2.05, 4.69) is 10.6 Å². The summed E-state index contributed by atoms with van der Waals surface area (Å²) in [6.45, 7) is -0.00885. The molecule has 0 unspecified atom stereocenters. The SMILES string of the molecule is CN(Cc1ccccc1O)C(=O)Nc1ccc(NC(=O)c2ccccc2)cc1C(F)(F)F. The van der Waals surface area contributed by atoms with Gasteiger partial charge in [0.1, 0.15) is 5.75 Å². The van der Waals surface area contributed by atoms with Gasteiger partial charge >= 0.3 is 12.2 Å². The summed E-state index contributed by atoms with van der Waals surface area (Å²) in [5, 5.41) is 14.5. The Labute approximate surface area is 182 Å². The highest BCUT2D eigenvalue weighted by atomic mass is 19.4. The van der Waals surface area contributed by atoms with E-state index in [1.54, 1.807) is 36.4 Å². The zero-order valence-corrected chi connectivity index (χ0v) is 17.0. The number of benzene rings is 3. The van der Waals surface area contributed by atoms with Gasteiger partial charge in [-0.05, 0) is 36.4 Å². The fourth-order valence-electron chi connectivity index (χ4n) is 2.94. The second-order valence-corrected chi connectivity index (χ2v) is 6.99. The number of phenols is 1. The molecule has 0 saturated heterocycles. The van der Waals surface area contributed by atoms with Gasteiger partial charge in [-0.2, -0.15) is 13.2 Å². The standard InChI is InChI=1S/C23H20F3N3O3/c1-29(14-16-9-5-6-10-20(16)30)22(32)28-19-12-11-17(13-18(19)23(24,25)26)27-21(31)15-7-3-2-4-8-15/h2-13,30H,14H2,1H3,(H,27,31)(H,28,32). The molecule has 9 heteroatoms. The number of carbonyl (C=O) groups excluding carboxylic acids is 2. The van der Waals surface area contributed by atoms with E-state index in [4.69, 9.17) is 0 Å². The fourth-order valence-corrected chi connectivity index (χ4v) is 2.94. The number of nitrogens with one attached hydrogen (secondary N) is 2. The minimum absolute atomic E-state index is 0.00885. The number of rotatable bonds is 5. The zero-order chi connectivity index (χ0) is 23.3. The summed E-state index contributed by atoms with van der Waals surface area (Å²) in [5.74, 6) is -0.584. The molecule has 0 heterocycles. The van der Waals surface area contributed by atoms with Gasteiger partial charge in [0.2, 0.25) is 0 Å². The van der Waals surface area contributed by atoms with Crippen LogP contribution >= 0.6 is 0 Å².